The fourth-order valence-corrected chi connectivity index (χ4v) is 0.619. The smallest absolute Gasteiger partial charge is 0.325 e. The third kappa shape index (κ3) is 6.70. The van der Waals surface area contributed by atoms with Gasteiger partial charge in [0.05, 0.1) is 0 Å². The van der Waals surface area contributed by atoms with Crippen molar-refractivity contribution in [3.05, 3.63) is 0 Å². The predicted octanol–water partition coefficient (Wildman–Crippen LogP) is 0.511. The number of ketones is 1. The van der Waals surface area contributed by atoms with Crippen molar-refractivity contribution in [3.8, 4) is 0 Å². The molecule has 0 atom stereocenters. The quantitative estimate of drug-likeness (QED) is 0.604. The highest BCUT2D eigenvalue weighted by Crippen LogP contribution is 1.87. The van der Waals surface area contributed by atoms with Crippen LogP contribution in [0.1, 0.15) is 20.3 Å². The molecule has 0 aromatic heterocycles. The summed E-state index contributed by atoms with van der Waals surface area (Å²) >= 11 is 0. The average molecular weight is 157 g/mol. The Morgan fingerprint density at radius 1 is 1.36 bits per heavy atom. The Hall–Kier alpha value is -1.19. The molecule has 0 saturated carbocycles. The first-order valence-electron chi connectivity index (χ1n) is 3.23. The number of hydrogen-bond acceptors (Lipinski definition) is 3. The topological polar surface area (TPSA) is 66.7 Å². The van der Waals surface area contributed by atoms with Gasteiger partial charge in [-0.25, -0.2) is 0 Å². The van der Waals surface area contributed by atoms with Crippen molar-refractivity contribution in [2.45, 2.75) is 20.3 Å². The molecule has 0 amide bonds. The zero-order valence-electron chi connectivity index (χ0n) is 6.63. The summed E-state index contributed by atoms with van der Waals surface area (Å²) in [6, 6.07) is 0. The van der Waals surface area contributed by atoms with E-state index in [1.54, 1.807) is 6.92 Å². The Kier molecular flexibility index (Phi) is 4.10. The number of carboxylic acids is 1. The number of Topliss-reactive ketones (excluding diaryl/α,β-unsaturated/α-hetero) is 1. The van der Waals surface area contributed by atoms with E-state index >= 15 is 0 Å². The third-order valence-electron chi connectivity index (χ3n) is 0.989. The Balaban J connectivity index is 3.81. The fourth-order valence-electron chi connectivity index (χ4n) is 0.619. The van der Waals surface area contributed by atoms with Gasteiger partial charge in [0, 0.05) is 12.1 Å². The molecule has 0 aliphatic rings. The van der Waals surface area contributed by atoms with Crippen LogP contribution in [0.2, 0.25) is 0 Å². The minimum atomic E-state index is -0.979. The van der Waals surface area contributed by atoms with Gasteiger partial charge >= 0.3 is 5.97 Å². The van der Waals surface area contributed by atoms with E-state index in [9.17, 15) is 9.59 Å². The number of carbonyl (C=O) groups is 2. The first-order valence-corrected chi connectivity index (χ1v) is 3.23. The number of nitrogens with zero attached hydrogens (tertiary/aromatic N) is 1. The minimum Gasteiger partial charge on any atom is -0.480 e. The Morgan fingerprint density at radius 3 is 2.27 bits per heavy atom. The molecule has 62 valence electrons. The molecule has 0 aromatic carbocycles. The summed E-state index contributed by atoms with van der Waals surface area (Å²) in [6.07, 6.45) is 0.243. The Labute approximate surface area is 64.9 Å². The van der Waals surface area contributed by atoms with Crippen LogP contribution in [0.5, 0.6) is 0 Å². The van der Waals surface area contributed by atoms with Gasteiger partial charge in [-0.05, 0) is 13.8 Å². The second kappa shape index (κ2) is 4.60. The predicted molar refractivity (Wildman–Crippen MR) is 40.9 cm³/mol. The number of hydrogen-bond donors (Lipinski definition) is 1. The molecule has 0 unspecified atom stereocenters. The van der Waals surface area contributed by atoms with Crippen molar-refractivity contribution in [1.82, 2.24) is 0 Å². The van der Waals surface area contributed by atoms with Crippen molar-refractivity contribution in [1.29, 1.82) is 0 Å². The van der Waals surface area contributed by atoms with Crippen LogP contribution in [0.3, 0.4) is 0 Å². The number of aliphatic imine (C=N–C) groups is 1. The zero-order valence-corrected chi connectivity index (χ0v) is 6.63. The summed E-state index contributed by atoms with van der Waals surface area (Å²) in [4.78, 5) is 24.1. The van der Waals surface area contributed by atoms with Crippen LogP contribution in [0.4, 0.5) is 0 Å². The lowest BCUT2D eigenvalue weighted by Gasteiger charge is -1.93. The van der Waals surface area contributed by atoms with Crippen LogP contribution < -0.4 is 0 Å². The molecule has 0 aliphatic carbocycles. The molecule has 1 N–H and O–H groups in total. The van der Waals surface area contributed by atoms with E-state index < -0.39 is 5.97 Å². The van der Waals surface area contributed by atoms with E-state index in [0.717, 1.165) is 0 Å². The lowest BCUT2D eigenvalue weighted by atomic mass is 10.2. The van der Waals surface area contributed by atoms with Crippen LogP contribution in [0.15, 0.2) is 4.99 Å². The molecule has 0 bridgehead atoms. The van der Waals surface area contributed by atoms with Crippen molar-refractivity contribution >= 4 is 17.5 Å². The Morgan fingerprint density at radius 2 is 1.91 bits per heavy atom. The van der Waals surface area contributed by atoms with Crippen molar-refractivity contribution in [2.24, 2.45) is 4.99 Å². The van der Waals surface area contributed by atoms with Crippen LogP contribution in [0.25, 0.3) is 0 Å². The Bertz CT molecular complexity index is 196. The standard InChI is InChI=1S/C7H11NO3/c1-5(3-6(2)9)8-4-7(10)11/h3-4H2,1-2H3,(H,10,11). The van der Waals surface area contributed by atoms with Gasteiger partial charge in [-0.1, -0.05) is 0 Å². The molecule has 0 aliphatic heterocycles. The largest absolute Gasteiger partial charge is 0.480 e. The molecule has 0 radical (unpaired) electrons. The lowest BCUT2D eigenvalue weighted by Crippen LogP contribution is -2.05. The number of carbonyl (C=O) groups excluding carboxylic acids is 1. The molecule has 0 rings (SSSR count). The normalized spacial score (nSPS) is 11.3. The second-order valence-corrected chi connectivity index (χ2v) is 2.32. The highest BCUT2D eigenvalue weighted by molar-refractivity contribution is 6.00. The molecule has 4 heteroatoms. The summed E-state index contributed by atoms with van der Waals surface area (Å²) < 4.78 is 0. The van der Waals surface area contributed by atoms with Crippen LogP contribution in [0, 0.1) is 0 Å². The third-order valence-corrected chi connectivity index (χ3v) is 0.989. The zero-order chi connectivity index (χ0) is 8.85. The van der Waals surface area contributed by atoms with Gasteiger partial charge in [0.25, 0.3) is 0 Å². The minimum absolute atomic E-state index is 0.00311. The van der Waals surface area contributed by atoms with Crippen LogP contribution in [-0.2, 0) is 9.59 Å². The molecular weight excluding hydrogens is 146 g/mol. The number of carboxylic acid groups (broad SMARTS) is 1. The SMILES string of the molecule is CC(=O)CC(C)=NCC(=O)O. The van der Waals surface area contributed by atoms with Gasteiger partial charge in [-0.3, -0.25) is 14.6 Å². The van der Waals surface area contributed by atoms with E-state index in [1.807, 2.05) is 0 Å². The van der Waals surface area contributed by atoms with Crippen molar-refractivity contribution in [2.75, 3.05) is 6.54 Å². The molecular formula is C7H11NO3. The summed E-state index contributed by atoms with van der Waals surface area (Å²) in [5.41, 5.74) is 0.569. The average Bonchev–Trinajstić information content (AvgIpc) is 1.82. The summed E-state index contributed by atoms with van der Waals surface area (Å²) in [7, 11) is 0. The molecule has 0 spiro atoms. The highest BCUT2D eigenvalue weighted by atomic mass is 16.4. The molecule has 0 saturated heterocycles. The van der Waals surface area contributed by atoms with Gasteiger partial charge in [0.15, 0.2) is 0 Å². The van der Waals surface area contributed by atoms with Gasteiger partial charge in [0.2, 0.25) is 0 Å². The van der Waals surface area contributed by atoms with E-state index in [1.165, 1.54) is 6.92 Å². The maximum atomic E-state index is 10.5. The monoisotopic (exact) mass is 157 g/mol. The maximum absolute atomic E-state index is 10.5. The lowest BCUT2D eigenvalue weighted by molar-refractivity contribution is -0.135. The van der Waals surface area contributed by atoms with Crippen molar-refractivity contribution < 1.29 is 14.7 Å². The van der Waals surface area contributed by atoms with E-state index in [2.05, 4.69) is 4.99 Å². The van der Waals surface area contributed by atoms with Crippen LogP contribution in [-0.4, -0.2) is 29.1 Å². The van der Waals surface area contributed by atoms with Crippen molar-refractivity contribution in [3.63, 3.8) is 0 Å². The highest BCUT2D eigenvalue weighted by Gasteiger charge is 1.97. The molecule has 0 fully saturated rings. The second-order valence-electron chi connectivity index (χ2n) is 2.32. The summed E-state index contributed by atoms with van der Waals surface area (Å²) in [5, 5.41) is 8.20. The molecule has 0 heterocycles. The molecule has 11 heavy (non-hydrogen) atoms. The summed E-state index contributed by atoms with van der Waals surface area (Å²) in [6.45, 7) is 2.84. The molecule has 4 nitrogen and oxygen atoms in total. The van der Waals surface area contributed by atoms with Gasteiger partial charge < -0.3 is 5.11 Å². The summed E-state index contributed by atoms with van der Waals surface area (Å²) in [5.74, 6) is -0.982. The van der Waals surface area contributed by atoms with Crippen LogP contribution >= 0.6 is 0 Å². The van der Waals surface area contributed by atoms with Gasteiger partial charge in [0.1, 0.15) is 12.3 Å². The maximum Gasteiger partial charge on any atom is 0.325 e. The number of rotatable bonds is 4. The van der Waals surface area contributed by atoms with E-state index in [4.69, 9.17) is 5.11 Å². The van der Waals surface area contributed by atoms with E-state index in [-0.39, 0.29) is 18.7 Å². The first kappa shape index (κ1) is 9.81. The van der Waals surface area contributed by atoms with Gasteiger partial charge in [-0.2, -0.15) is 0 Å². The van der Waals surface area contributed by atoms with E-state index in [0.29, 0.717) is 5.71 Å². The first-order chi connectivity index (χ1) is 5.02. The van der Waals surface area contributed by atoms with Gasteiger partial charge in [-0.15, -0.1) is 0 Å². The fraction of sp³-hybridized carbons (Fsp3) is 0.571. The number of aliphatic carboxylic acids is 1. The molecule has 0 aromatic rings.